The molecule has 0 radical (unpaired) electrons. The number of hydrogen-bond acceptors (Lipinski definition) is 6. The number of sulfonamides is 1. The molecule has 2 fully saturated rings. The van der Waals surface area contributed by atoms with Crippen LogP contribution < -0.4 is 14.8 Å². The summed E-state index contributed by atoms with van der Waals surface area (Å²) in [6.45, 7) is 4.51. The first-order valence-electron chi connectivity index (χ1n) is 11.8. The van der Waals surface area contributed by atoms with Gasteiger partial charge in [0.15, 0.2) is 11.4 Å². The molecule has 0 spiro atoms. The SMILES string of the molecule is Cc1cc(NC(=O)c2c3c(cn2C)S(=O)(=O)N[C@H]2CN(C(=O)C4(C)CCCO4)C[C@H]2CO3)ccc1F. The molecule has 0 bridgehead atoms. The number of aryl methyl sites for hydroxylation is 2. The molecule has 3 aliphatic rings. The number of nitrogens with zero attached hydrogens (tertiary/aromatic N) is 2. The molecule has 3 atom stereocenters. The number of nitrogens with one attached hydrogen (secondary N) is 2. The van der Waals surface area contributed by atoms with Crippen LogP contribution in [0.5, 0.6) is 5.75 Å². The van der Waals surface area contributed by atoms with Crippen molar-refractivity contribution >= 4 is 27.5 Å². The lowest BCUT2D eigenvalue weighted by Crippen LogP contribution is -2.47. The Morgan fingerprint density at radius 3 is 2.75 bits per heavy atom. The predicted octanol–water partition coefficient (Wildman–Crippen LogP) is 1.79. The van der Waals surface area contributed by atoms with Crippen molar-refractivity contribution < 1.29 is 31.9 Å². The minimum absolute atomic E-state index is 0.0219. The molecular formula is C24H29FN4O6S. The van der Waals surface area contributed by atoms with Crippen molar-refractivity contribution in [2.24, 2.45) is 13.0 Å². The lowest BCUT2D eigenvalue weighted by Gasteiger charge is -2.28. The normalized spacial score (nSPS) is 26.9. The molecule has 5 rings (SSSR count). The van der Waals surface area contributed by atoms with Crippen molar-refractivity contribution in [2.75, 3.05) is 31.6 Å². The van der Waals surface area contributed by atoms with E-state index in [9.17, 15) is 22.4 Å². The molecule has 2 amide bonds. The van der Waals surface area contributed by atoms with Crippen molar-refractivity contribution in [1.29, 1.82) is 0 Å². The highest BCUT2D eigenvalue weighted by molar-refractivity contribution is 7.89. The molecule has 1 unspecified atom stereocenters. The summed E-state index contributed by atoms with van der Waals surface area (Å²) < 4.78 is 56.0. The number of amides is 2. The summed E-state index contributed by atoms with van der Waals surface area (Å²) in [6, 6.07) is 3.63. The van der Waals surface area contributed by atoms with Gasteiger partial charge in [-0.15, -0.1) is 0 Å². The van der Waals surface area contributed by atoms with E-state index >= 15 is 0 Å². The summed E-state index contributed by atoms with van der Waals surface area (Å²) >= 11 is 0. The van der Waals surface area contributed by atoms with Gasteiger partial charge in [-0.3, -0.25) is 9.59 Å². The number of halogens is 1. The van der Waals surface area contributed by atoms with E-state index in [1.165, 1.54) is 29.0 Å². The third-order valence-electron chi connectivity index (χ3n) is 7.17. The van der Waals surface area contributed by atoms with Crippen LogP contribution >= 0.6 is 0 Å². The van der Waals surface area contributed by atoms with Gasteiger partial charge in [0.05, 0.1) is 6.61 Å². The van der Waals surface area contributed by atoms with Crippen molar-refractivity contribution in [3.8, 4) is 5.75 Å². The average Bonchev–Trinajstić information content (AvgIpc) is 3.51. The maximum Gasteiger partial charge on any atom is 0.276 e. The van der Waals surface area contributed by atoms with Gasteiger partial charge >= 0.3 is 0 Å². The lowest BCUT2D eigenvalue weighted by molar-refractivity contribution is -0.150. The lowest BCUT2D eigenvalue weighted by atomic mass is 10.0. The summed E-state index contributed by atoms with van der Waals surface area (Å²) in [7, 11) is -2.50. The fraction of sp³-hybridized carbons (Fsp3) is 0.500. The van der Waals surface area contributed by atoms with Gasteiger partial charge in [0.25, 0.3) is 11.8 Å². The molecule has 12 heteroatoms. The van der Waals surface area contributed by atoms with Crippen LogP contribution in [0.4, 0.5) is 10.1 Å². The number of aromatic nitrogens is 1. The third-order valence-corrected chi connectivity index (χ3v) is 8.65. The Morgan fingerprint density at radius 1 is 1.28 bits per heavy atom. The Labute approximate surface area is 208 Å². The number of benzene rings is 1. The van der Waals surface area contributed by atoms with E-state index in [0.29, 0.717) is 30.8 Å². The van der Waals surface area contributed by atoms with Gasteiger partial charge in [-0.1, -0.05) is 0 Å². The van der Waals surface area contributed by atoms with E-state index in [-0.39, 0.29) is 41.3 Å². The van der Waals surface area contributed by atoms with Crippen molar-refractivity contribution in [3.05, 3.63) is 41.5 Å². The van der Waals surface area contributed by atoms with Crippen LogP contribution in [0.3, 0.4) is 0 Å². The van der Waals surface area contributed by atoms with Gasteiger partial charge < -0.3 is 24.3 Å². The largest absolute Gasteiger partial charge is 0.489 e. The number of carbonyl (C=O) groups excluding carboxylic acids is 2. The summed E-state index contributed by atoms with van der Waals surface area (Å²) in [4.78, 5) is 27.7. The summed E-state index contributed by atoms with van der Waals surface area (Å²) in [5, 5.41) is 2.68. The molecule has 4 heterocycles. The van der Waals surface area contributed by atoms with Crippen molar-refractivity contribution in [2.45, 2.75) is 43.2 Å². The Balaban J connectivity index is 1.40. The molecule has 0 aliphatic carbocycles. The number of rotatable bonds is 3. The molecule has 36 heavy (non-hydrogen) atoms. The number of hydrogen-bond donors (Lipinski definition) is 2. The van der Waals surface area contributed by atoms with Gasteiger partial charge in [-0.2, -0.15) is 0 Å². The number of fused-ring (bicyclic) bond motifs is 2. The van der Waals surface area contributed by atoms with E-state index in [0.717, 1.165) is 6.42 Å². The quantitative estimate of drug-likeness (QED) is 0.637. The average molecular weight is 521 g/mol. The molecule has 2 N–H and O–H groups in total. The third kappa shape index (κ3) is 4.27. The van der Waals surface area contributed by atoms with Gasteiger partial charge in [0.1, 0.15) is 16.3 Å². The fourth-order valence-electron chi connectivity index (χ4n) is 5.16. The van der Waals surface area contributed by atoms with Crippen LogP contribution in [0.1, 0.15) is 35.8 Å². The first-order valence-corrected chi connectivity index (χ1v) is 13.3. The zero-order chi connectivity index (χ0) is 25.8. The van der Waals surface area contributed by atoms with Crippen LogP contribution in [-0.2, 0) is 26.6 Å². The predicted molar refractivity (Wildman–Crippen MR) is 128 cm³/mol. The monoisotopic (exact) mass is 520 g/mol. The fourth-order valence-corrected chi connectivity index (χ4v) is 6.65. The van der Waals surface area contributed by atoms with Gasteiger partial charge in [0.2, 0.25) is 10.0 Å². The molecule has 194 valence electrons. The summed E-state index contributed by atoms with van der Waals surface area (Å²) in [5.41, 5.74) is -0.142. The molecule has 10 nitrogen and oxygen atoms in total. The number of ether oxygens (including phenoxy) is 2. The highest BCUT2D eigenvalue weighted by Crippen LogP contribution is 2.36. The minimum atomic E-state index is -4.05. The smallest absolute Gasteiger partial charge is 0.276 e. The first kappa shape index (κ1) is 24.7. The number of likely N-dealkylation sites (tertiary alicyclic amines) is 1. The highest BCUT2D eigenvalue weighted by Gasteiger charge is 2.47. The maximum atomic E-state index is 13.6. The van der Waals surface area contributed by atoms with E-state index in [2.05, 4.69) is 10.0 Å². The van der Waals surface area contributed by atoms with Gasteiger partial charge in [-0.25, -0.2) is 17.5 Å². The summed E-state index contributed by atoms with van der Waals surface area (Å²) in [5.74, 6) is -1.51. The van der Waals surface area contributed by atoms with E-state index in [1.807, 2.05) is 0 Å². The zero-order valence-corrected chi connectivity index (χ0v) is 21.2. The van der Waals surface area contributed by atoms with Crippen LogP contribution in [0, 0.1) is 18.7 Å². The Kier molecular flexibility index (Phi) is 6.08. The standard InChI is InChI=1S/C24H29FN4O6S/c1-14-9-16(5-6-17(14)25)26-22(30)20-21-19(12-28(20)3)36(32,33)27-18-11-29(10-15(18)13-34-21)23(31)24(2)7-4-8-35-24/h5-6,9,12,15,18,27H,4,7-8,10-11,13H2,1-3H3,(H,26,30)/t15-,18-,24?/m0/s1. The van der Waals surface area contributed by atoms with Crippen LogP contribution in [0.25, 0.3) is 0 Å². The second-order valence-corrected chi connectivity index (χ2v) is 11.6. The molecule has 3 aliphatic heterocycles. The Morgan fingerprint density at radius 2 is 2.06 bits per heavy atom. The van der Waals surface area contributed by atoms with Gasteiger partial charge in [-0.05, 0) is 50.5 Å². The Bertz CT molecular complexity index is 1330. The van der Waals surface area contributed by atoms with Crippen molar-refractivity contribution in [3.63, 3.8) is 0 Å². The molecule has 2 saturated heterocycles. The molecule has 0 saturated carbocycles. The maximum absolute atomic E-state index is 13.6. The number of anilines is 1. The van der Waals surface area contributed by atoms with Crippen LogP contribution in [0.2, 0.25) is 0 Å². The number of carbonyl (C=O) groups is 2. The van der Waals surface area contributed by atoms with Crippen LogP contribution in [0.15, 0.2) is 29.3 Å². The van der Waals surface area contributed by atoms with E-state index in [4.69, 9.17) is 9.47 Å². The Hall–Kier alpha value is -2.96. The van der Waals surface area contributed by atoms with E-state index < -0.39 is 33.4 Å². The highest BCUT2D eigenvalue weighted by atomic mass is 32.2. The van der Waals surface area contributed by atoms with Gasteiger partial charge in [0, 0.05) is 50.6 Å². The molecule has 1 aromatic heterocycles. The topological polar surface area (TPSA) is 119 Å². The second kappa shape index (κ2) is 8.86. The molecular weight excluding hydrogens is 491 g/mol. The second-order valence-electron chi connectivity index (χ2n) is 9.89. The zero-order valence-electron chi connectivity index (χ0n) is 20.3. The molecule has 2 aromatic rings. The van der Waals surface area contributed by atoms with E-state index in [1.54, 1.807) is 25.8 Å². The van der Waals surface area contributed by atoms with Crippen molar-refractivity contribution in [1.82, 2.24) is 14.2 Å². The van der Waals surface area contributed by atoms with Crippen LogP contribution in [-0.4, -0.2) is 67.6 Å². The minimum Gasteiger partial charge on any atom is -0.489 e. The first-order chi connectivity index (χ1) is 17.0. The molecule has 1 aromatic carbocycles. The summed E-state index contributed by atoms with van der Waals surface area (Å²) in [6.07, 6.45) is 2.75.